The Morgan fingerprint density at radius 2 is 1.65 bits per heavy atom. The first kappa shape index (κ1) is 19.8. The Kier molecular flexibility index (Phi) is 6.67. The lowest BCUT2D eigenvalue weighted by molar-refractivity contribution is -0.123. The predicted molar refractivity (Wildman–Crippen MR) is 105 cm³/mol. The van der Waals surface area contributed by atoms with Gasteiger partial charge in [-0.2, -0.15) is 0 Å². The summed E-state index contributed by atoms with van der Waals surface area (Å²) < 4.78 is 11.4. The van der Waals surface area contributed by atoms with Crippen LogP contribution in [0.15, 0.2) is 42.5 Å². The molecule has 1 amide bonds. The lowest BCUT2D eigenvalue weighted by Crippen LogP contribution is -2.32. The number of nitrogens with one attached hydrogen (secondary N) is 1. The fourth-order valence-corrected chi connectivity index (χ4v) is 2.78. The summed E-state index contributed by atoms with van der Waals surface area (Å²) in [5.74, 6) is 1.42. The second-order valence-corrected chi connectivity index (χ2v) is 7.56. The van der Waals surface area contributed by atoms with Crippen LogP contribution in [0.1, 0.15) is 37.5 Å². The van der Waals surface area contributed by atoms with Gasteiger partial charge in [0, 0.05) is 0 Å². The number of aryl methyl sites for hydroxylation is 2. The Hall–Kier alpha value is -2.49. The normalized spacial score (nSPS) is 11.1. The van der Waals surface area contributed by atoms with Crippen molar-refractivity contribution in [1.29, 1.82) is 0 Å². The third-order valence-electron chi connectivity index (χ3n) is 3.94. The molecule has 2 aromatic carbocycles. The molecule has 26 heavy (non-hydrogen) atoms. The molecular formula is C22H29NO3. The molecule has 0 fully saturated rings. The summed E-state index contributed by atoms with van der Waals surface area (Å²) in [6.45, 7) is 11.3. The van der Waals surface area contributed by atoms with Gasteiger partial charge in [-0.3, -0.25) is 4.79 Å². The van der Waals surface area contributed by atoms with Crippen LogP contribution in [0.25, 0.3) is 0 Å². The minimum absolute atomic E-state index is 0.00146. The molecule has 0 bridgehead atoms. The molecule has 2 rings (SSSR count). The molecule has 0 aliphatic rings. The van der Waals surface area contributed by atoms with Crippen LogP contribution < -0.4 is 14.8 Å². The molecule has 0 atom stereocenters. The quantitative estimate of drug-likeness (QED) is 0.758. The largest absolute Gasteiger partial charge is 0.491 e. The van der Waals surface area contributed by atoms with Crippen LogP contribution in [0.3, 0.4) is 0 Å². The molecule has 0 unspecified atom stereocenters. The van der Waals surface area contributed by atoms with Crippen molar-refractivity contribution in [2.24, 2.45) is 0 Å². The molecule has 0 spiro atoms. The highest BCUT2D eigenvalue weighted by Gasteiger charge is 2.18. The lowest BCUT2D eigenvalue weighted by atomic mass is 9.86. The van der Waals surface area contributed by atoms with E-state index < -0.39 is 0 Å². The summed E-state index contributed by atoms with van der Waals surface area (Å²) in [6, 6.07) is 13.9. The highest BCUT2D eigenvalue weighted by atomic mass is 16.5. The van der Waals surface area contributed by atoms with Crippen molar-refractivity contribution < 1.29 is 14.3 Å². The van der Waals surface area contributed by atoms with E-state index in [4.69, 9.17) is 9.47 Å². The molecule has 0 aliphatic carbocycles. The highest BCUT2D eigenvalue weighted by Crippen LogP contribution is 2.30. The standard InChI is InChI=1S/C22H29NO3/c1-16-12-17(2)14-18(13-16)26-15-21(24)23-10-11-25-20-9-7-6-8-19(20)22(3,4)5/h6-9,12-14H,10-11,15H2,1-5H3,(H,23,24). The summed E-state index contributed by atoms with van der Waals surface area (Å²) in [6.07, 6.45) is 0. The maximum absolute atomic E-state index is 11.9. The fraction of sp³-hybridized carbons (Fsp3) is 0.409. The SMILES string of the molecule is Cc1cc(C)cc(OCC(=O)NCCOc2ccccc2C(C)(C)C)c1. The van der Waals surface area contributed by atoms with E-state index >= 15 is 0 Å². The van der Waals surface area contributed by atoms with E-state index in [-0.39, 0.29) is 17.9 Å². The lowest BCUT2D eigenvalue weighted by Gasteiger charge is -2.22. The van der Waals surface area contributed by atoms with E-state index in [2.05, 4.69) is 38.2 Å². The molecule has 140 valence electrons. The average Bonchev–Trinajstić information content (AvgIpc) is 2.55. The first-order chi connectivity index (χ1) is 12.3. The molecule has 2 aromatic rings. The zero-order valence-corrected chi connectivity index (χ0v) is 16.4. The van der Waals surface area contributed by atoms with Crippen molar-refractivity contribution in [2.75, 3.05) is 19.8 Å². The second-order valence-electron chi connectivity index (χ2n) is 7.56. The van der Waals surface area contributed by atoms with Gasteiger partial charge >= 0.3 is 0 Å². The van der Waals surface area contributed by atoms with Crippen molar-refractivity contribution in [1.82, 2.24) is 5.32 Å². The maximum atomic E-state index is 11.9. The monoisotopic (exact) mass is 355 g/mol. The number of ether oxygens (including phenoxy) is 2. The number of rotatable bonds is 7. The molecule has 0 heterocycles. The summed E-state index contributed by atoms with van der Waals surface area (Å²) >= 11 is 0. The van der Waals surface area contributed by atoms with E-state index in [1.807, 2.05) is 44.2 Å². The van der Waals surface area contributed by atoms with Crippen LogP contribution in [0.4, 0.5) is 0 Å². The maximum Gasteiger partial charge on any atom is 0.258 e. The van der Waals surface area contributed by atoms with Crippen LogP contribution in [-0.4, -0.2) is 25.7 Å². The molecule has 4 heteroatoms. The Morgan fingerprint density at radius 1 is 1.00 bits per heavy atom. The predicted octanol–water partition coefficient (Wildman–Crippen LogP) is 4.17. The Morgan fingerprint density at radius 3 is 2.31 bits per heavy atom. The van der Waals surface area contributed by atoms with Crippen molar-refractivity contribution in [2.45, 2.75) is 40.0 Å². The number of carbonyl (C=O) groups is 1. The van der Waals surface area contributed by atoms with E-state index in [1.165, 1.54) is 0 Å². The Labute approximate surface area is 156 Å². The third kappa shape index (κ3) is 6.10. The van der Waals surface area contributed by atoms with E-state index in [1.54, 1.807) is 0 Å². The van der Waals surface area contributed by atoms with Gasteiger partial charge in [0.15, 0.2) is 6.61 Å². The van der Waals surface area contributed by atoms with E-state index in [9.17, 15) is 4.79 Å². The number of hydrogen-bond acceptors (Lipinski definition) is 3. The summed E-state index contributed by atoms with van der Waals surface area (Å²) in [4.78, 5) is 11.9. The van der Waals surface area contributed by atoms with Gasteiger partial charge in [0.2, 0.25) is 0 Å². The van der Waals surface area contributed by atoms with Crippen LogP contribution in [0.2, 0.25) is 0 Å². The number of benzene rings is 2. The highest BCUT2D eigenvalue weighted by molar-refractivity contribution is 5.77. The van der Waals surface area contributed by atoms with Gasteiger partial charge in [-0.05, 0) is 54.2 Å². The van der Waals surface area contributed by atoms with Crippen molar-refractivity contribution in [3.05, 3.63) is 59.2 Å². The average molecular weight is 355 g/mol. The van der Waals surface area contributed by atoms with Crippen LogP contribution in [0, 0.1) is 13.8 Å². The van der Waals surface area contributed by atoms with Gasteiger partial charge in [-0.1, -0.05) is 45.0 Å². The van der Waals surface area contributed by atoms with Gasteiger partial charge in [-0.25, -0.2) is 0 Å². The molecule has 4 nitrogen and oxygen atoms in total. The van der Waals surface area contributed by atoms with Crippen molar-refractivity contribution >= 4 is 5.91 Å². The zero-order valence-electron chi connectivity index (χ0n) is 16.4. The minimum Gasteiger partial charge on any atom is -0.491 e. The van der Waals surface area contributed by atoms with E-state index in [0.29, 0.717) is 18.9 Å². The fourth-order valence-electron chi connectivity index (χ4n) is 2.78. The second kappa shape index (κ2) is 8.75. The van der Waals surface area contributed by atoms with Gasteiger partial charge in [0.05, 0.1) is 6.54 Å². The van der Waals surface area contributed by atoms with Gasteiger partial charge in [0.1, 0.15) is 18.1 Å². The first-order valence-electron chi connectivity index (χ1n) is 8.96. The number of amides is 1. The first-order valence-corrected chi connectivity index (χ1v) is 8.96. The Balaban J connectivity index is 1.76. The molecule has 0 saturated heterocycles. The summed E-state index contributed by atoms with van der Waals surface area (Å²) in [5, 5.41) is 2.82. The number of para-hydroxylation sites is 1. The molecule has 0 radical (unpaired) electrons. The molecule has 0 saturated carbocycles. The smallest absolute Gasteiger partial charge is 0.258 e. The summed E-state index contributed by atoms with van der Waals surface area (Å²) in [5.41, 5.74) is 3.40. The van der Waals surface area contributed by atoms with Crippen LogP contribution in [-0.2, 0) is 10.2 Å². The molecule has 0 aromatic heterocycles. The topological polar surface area (TPSA) is 47.6 Å². The van der Waals surface area contributed by atoms with Gasteiger partial charge in [-0.15, -0.1) is 0 Å². The van der Waals surface area contributed by atoms with Crippen LogP contribution in [0.5, 0.6) is 11.5 Å². The van der Waals surface area contributed by atoms with E-state index in [0.717, 1.165) is 22.4 Å². The Bertz CT molecular complexity index is 727. The van der Waals surface area contributed by atoms with Gasteiger partial charge in [0.25, 0.3) is 5.91 Å². The zero-order chi connectivity index (χ0) is 19.2. The number of hydrogen-bond donors (Lipinski definition) is 1. The molecular weight excluding hydrogens is 326 g/mol. The third-order valence-corrected chi connectivity index (χ3v) is 3.94. The summed E-state index contributed by atoms with van der Waals surface area (Å²) in [7, 11) is 0. The molecule has 1 N–H and O–H groups in total. The molecule has 0 aliphatic heterocycles. The van der Waals surface area contributed by atoms with Crippen molar-refractivity contribution in [3.63, 3.8) is 0 Å². The van der Waals surface area contributed by atoms with Crippen LogP contribution >= 0.6 is 0 Å². The number of carbonyl (C=O) groups excluding carboxylic acids is 1. The van der Waals surface area contributed by atoms with Crippen molar-refractivity contribution in [3.8, 4) is 11.5 Å². The minimum atomic E-state index is -0.156. The van der Waals surface area contributed by atoms with Gasteiger partial charge < -0.3 is 14.8 Å².